The van der Waals surface area contributed by atoms with Crippen LogP contribution in [0, 0.1) is 5.92 Å². The lowest BCUT2D eigenvalue weighted by Crippen LogP contribution is -2.39. The second-order valence-corrected chi connectivity index (χ2v) is 3.91. The van der Waals surface area contributed by atoms with E-state index in [9.17, 15) is 5.11 Å². The number of hydrogen-bond acceptors (Lipinski definition) is 3. The number of methoxy groups -OCH3 is 1. The molecule has 0 saturated heterocycles. The molecule has 0 saturated carbocycles. The molecule has 0 heterocycles. The monoisotopic (exact) mass is 203 g/mol. The van der Waals surface area contributed by atoms with Crippen LogP contribution in [0.3, 0.4) is 0 Å². The zero-order chi connectivity index (χ0) is 11.0. The zero-order valence-corrected chi connectivity index (χ0v) is 9.92. The predicted molar refractivity (Wildman–Crippen MR) is 59.4 cm³/mol. The van der Waals surface area contributed by atoms with Crippen molar-refractivity contribution in [2.75, 3.05) is 20.3 Å². The minimum absolute atomic E-state index is 0.232. The highest BCUT2D eigenvalue weighted by molar-refractivity contribution is 4.70. The van der Waals surface area contributed by atoms with Crippen molar-refractivity contribution >= 4 is 0 Å². The highest BCUT2D eigenvalue weighted by atomic mass is 16.5. The number of ether oxygens (including phenoxy) is 1. The smallest absolute Gasteiger partial charge is 0.0692 e. The fourth-order valence-electron chi connectivity index (χ4n) is 1.63. The fraction of sp³-hybridized carbons (Fsp3) is 1.00. The quantitative estimate of drug-likeness (QED) is 0.626. The molecule has 86 valence electrons. The molecule has 0 aromatic heterocycles. The van der Waals surface area contributed by atoms with Crippen molar-refractivity contribution in [1.29, 1.82) is 0 Å². The van der Waals surface area contributed by atoms with Crippen LogP contribution < -0.4 is 5.32 Å². The van der Waals surface area contributed by atoms with E-state index in [1.54, 1.807) is 7.11 Å². The number of aliphatic hydroxyl groups excluding tert-OH is 1. The summed E-state index contributed by atoms with van der Waals surface area (Å²) < 4.78 is 5.00. The summed E-state index contributed by atoms with van der Waals surface area (Å²) in [7, 11) is 1.69. The van der Waals surface area contributed by atoms with Crippen LogP contribution in [0.2, 0.25) is 0 Å². The van der Waals surface area contributed by atoms with Gasteiger partial charge in [-0.05, 0) is 12.8 Å². The largest absolute Gasteiger partial charge is 0.392 e. The van der Waals surface area contributed by atoms with Crippen molar-refractivity contribution < 1.29 is 9.84 Å². The summed E-state index contributed by atoms with van der Waals surface area (Å²) in [4.78, 5) is 0. The van der Waals surface area contributed by atoms with Gasteiger partial charge in [-0.2, -0.15) is 0 Å². The highest BCUT2D eigenvalue weighted by Crippen LogP contribution is 2.12. The molecule has 0 aliphatic heterocycles. The maximum Gasteiger partial charge on any atom is 0.0692 e. The lowest BCUT2D eigenvalue weighted by Gasteiger charge is -2.22. The van der Waals surface area contributed by atoms with Crippen LogP contribution in [0.25, 0.3) is 0 Å². The average molecular weight is 203 g/mol. The molecular formula is C11H25NO2. The first-order chi connectivity index (χ1) is 6.65. The van der Waals surface area contributed by atoms with Gasteiger partial charge in [-0.25, -0.2) is 0 Å². The lowest BCUT2D eigenvalue weighted by atomic mass is 9.96. The average Bonchev–Trinajstić information content (AvgIpc) is 2.17. The van der Waals surface area contributed by atoms with Gasteiger partial charge in [-0.1, -0.05) is 26.7 Å². The molecule has 0 aliphatic rings. The van der Waals surface area contributed by atoms with Gasteiger partial charge in [0.15, 0.2) is 0 Å². The van der Waals surface area contributed by atoms with Gasteiger partial charge >= 0.3 is 0 Å². The molecule has 3 heteroatoms. The molecule has 0 spiro atoms. The molecule has 0 rings (SSSR count). The summed E-state index contributed by atoms with van der Waals surface area (Å²) >= 11 is 0. The van der Waals surface area contributed by atoms with E-state index in [1.807, 2.05) is 0 Å². The third-order valence-electron chi connectivity index (χ3n) is 2.69. The Balaban J connectivity index is 3.65. The van der Waals surface area contributed by atoms with Crippen LogP contribution in [0.15, 0.2) is 0 Å². The SMILES string of the molecule is CCC(CC)C(O)CNC(C)COC. The molecule has 0 radical (unpaired) electrons. The van der Waals surface area contributed by atoms with Crippen LogP contribution in [0.1, 0.15) is 33.6 Å². The van der Waals surface area contributed by atoms with Gasteiger partial charge in [0.25, 0.3) is 0 Å². The maximum atomic E-state index is 9.82. The first kappa shape index (κ1) is 13.9. The molecule has 0 aliphatic carbocycles. The van der Waals surface area contributed by atoms with E-state index < -0.39 is 0 Å². The topological polar surface area (TPSA) is 41.5 Å². The Labute approximate surface area is 87.8 Å². The lowest BCUT2D eigenvalue weighted by molar-refractivity contribution is 0.0920. The molecule has 2 N–H and O–H groups in total. The minimum atomic E-state index is -0.232. The van der Waals surface area contributed by atoms with Crippen molar-refractivity contribution in [3.63, 3.8) is 0 Å². The number of nitrogens with one attached hydrogen (secondary N) is 1. The molecule has 2 unspecified atom stereocenters. The standard InChI is InChI=1S/C11H25NO2/c1-5-10(6-2)11(13)7-12-9(3)8-14-4/h9-13H,5-8H2,1-4H3. The minimum Gasteiger partial charge on any atom is -0.392 e. The number of hydrogen-bond donors (Lipinski definition) is 2. The molecule has 0 aromatic carbocycles. The Morgan fingerprint density at radius 1 is 1.29 bits per heavy atom. The van der Waals surface area contributed by atoms with E-state index in [2.05, 4.69) is 26.1 Å². The second-order valence-electron chi connectivity index (χ2n) is 3.91. The van der Waals surface area contributed by atoms with E-state index in [-0.39, 0.29) is 6.10 Å². The summed E-state index contributed by atoms with van der Waals surface area (Å²) in [6.07, 6.45) is 1.85. The van der Waals surface area contributed by atoms with Crippen LogP contribution in [0.4, 0.5) is 0 Å². The molecule has 0 amide bonds. The highest BCUT2D eigenvalue weighted by Gasteiger charge is 2.15. The van der Waals surface area contributed by atoms with Gasteiger partial charge in [0, 0.05) is 19.7 Å². The zero-order valence-electron chi connectivity index (χ0n) is 9.92. The van der Waals surface area contributed by atoms with E-state index in [4.69, 9.17) is 4.74 Å². The van der Waals surface area contributed by atoms with Crippen LogP contribution in [-0.2, 0) is 4.74 Å². The summed E-state index contributed by atoms with van der Waals surface area (Å²) in [6, 6.07) is 0.309. The third-order valence-corrected chi connectivity index (χ3v) is 2.69. The molecule has 0 bridgehead atoms. The summed E-state index contributed by atoms with van der Waals surface area (Å²) in [6.45, 7) is 7.65. The first-order valence-corrected chi connectivity index (χ1v) is 5.56. The van der Waals surface area contributed by atoms with Gasteiger partial charge < -0.3 is 15.2 Å². The molecule has 2 atom stereocenters. The maximum absolute atomic E-state index is 9.82. The Morgan fingerprint density at radius 2 is 1.86 bits per heavy atom. The van der Waals surface area contributed by atoms with Crippen molar-refractivity contribution in [3.8, 4) is 0 Å². The summed E-state index contributed by atoms with van der Waals surface area (Å²) in [5, 5.41) is 13.1. The Bertz CT molecular complexity index is 126. The van der Waals surface area contributed by atoms with E-state index >= 15 is 0 Å². The Kier molecular flexibility index (Phi) is 8.14. The van der Waals surface area contributed by atoms with Crippen molar-refractivity contribution in [1.82, 2.24) is 5.32 Å². The van der Waals surface area contributed by atoms with Crippen LogP contribution in [0.5, 0.6) is 0 Å². The van der Waals surface area contributed by atoms with Crippen molar-refractivity contribution in [3.05, 3.63) is 0 Å². The molecule has 3 nitrogen and oxygen atoms in total. The first-order valence-electron chi connectivity index (χ1n) is 5.56. The van der Waals surface area contributed by atoms with Gasteiger partial charge in [-0.3, -0.25) is 0 Å². The van der Waals surface area contributed by atoms with Crippen molar-refractivity contribution in [2.24, 2.45) is 5.92 Å². The van der Waals surface area contributed by atoms with E-state index in [0.717, 1.165) is 12.8 Å². The second kappa shape index (κ2) is 8.21. The van der Waals surface area contributed by atoms with Gasteiger partial charge in [0.05, 0.1) is 12.7 Å². The number of rotatable bonds is 8. The summed E-state index contributed by atoms with van der Waals surface area (Å²) in [5.41, 5.74) is 0. The van der Waals surface area contributed by atoms with E-state index in [1.165, 1.54) is 0 Å². The molecular weight excluding hydrogens is 178 g/mol. The van der Waals surface area contributed by atoms with Crippen LogP contribution >= 0.6 is 0 Å². The van der Waals surface area contributed by atoms with Gasteiger partial charge in [0.1, 0.15) is 0 Å². The Morgan fingerprint density at radius 3 is 2.29 bits per heavy atom. The summed E-state index contributed by atoms with van der Waals surface area (Å²) in [5.74, 6) is 0.414. The normalized spacial score (nSPS) is 15.9. The number of aliphatic hydroxyl groups is 1. The van der Waals surface area contributed by atoms with Gasteiger partial charge in [-0.15, -0.1) is 0 Å². The fourth-order valence-corrected chi connectivity index (χ4v) is 1.63. The van der Waals surface area contributed by atoms with Crippen molar-refractivity contribution in [2.45, 2.75) is 45.8 Å². The van der Waals surface area contributed by atoms with Gasteiger partial charge in [0.2, 0.25) is 0 Å². The van der Waals surface area contributed by atoms with E-state index in [0.29, 0.717) is 25.1 Å². The van der Waals surface area contributed by atoms with Crippen LogP contribution in [-0.4, -0.2) is 37.5 Å². The Hall–Kier alpha value is -0.120. The third kappa shape index (κ3) is 5.58. The predicted octanol–water partition coefficient (Wildman–Crippen LogP) is 1.41. The molecule has 0 aromatic rings. The molecule has 0 fully saturated rings. The molecule has 14 heavy (non-hydrogen) atoms.